The van der Waals surface area contributed by atoms with Crippen LogP contribution in [0.4, 0.5) is 0 Å². The molecule has 0 atom stereocenters. The molecule has 0 amide bonds. The molecule has 0 fully saturated rings. The van der Waals surface area contributed by atoms with Crippen LogP contribution >= 0.6 is 0 Å². The van der Waals surface area contributed by atoms with E-state index in [-0.39, 0.29) is 0 Å². The highest BCUT2D eigenvalue weighted by atomic mass is 15.1. The van der Waals surface area contributed by atoms with Crippen LogP contribution in [-0.2, 0) is 0 Å². The zero-order valence-electron chi connectivity index (χ0n) is 11.1. The molecule has 2 nitrogen and oxygen atoms in total. The third-order valence-electron chi connectivity index (χ3n) is 1.42. The average molecular weight is 212 g/mol. The minimum atomic E-state index is 0.968. The Balaban J connectivity index is -0.000000245. The van der Waals surface area contributed by atoms with Gasteiger partial charge in [0.2, 0.25) is 0 Å². The van der Waals surface area contributed by atoms with Crippen molar-refractivity contribution in [2.45, 2.75) is 20.8 Å². The average Bonchev–Trinajstić information content (AvgIpc) is 2.28. The van der Waals surface area contributed by atoms with E-state index in [1.54, 1.807) is 12.2 Å². The first kappa shape index (κ1) is 19.5. The Labute approximate surface area is 96.4 Å². The topological polar surface area (TPSA) is 15.3 Å². The van der Waals surface area contributed by atoms with E-state index in [0.717, 1.165) is 18.8 Å². The number of hydrogen-bond acceptors (Lipinski definition) is 2. The lowest BCUT2D eigenvalue weighted by Crippen LogP contribution is -2.25. The van der Waals surface area contributed by atoms with E-state index in [0.29, 0.717) is 0 Å². The molecule has 0 bridgehead atoms. The molecule has 0 saturated carbocycles. The van der Waals surface area contributed by atoms with Gasteiger partial charge in [0.1, 0.15) is 0 Å². The van der Waals surface area contributed by atoms with Crippen LogP contribution in [0, 0.1) is 0 Å². The second-order valence-corrected chi connectivity index (χ2v) is 2.63. The number of rotatable bonds is 5. The molecule has 0 radical (unpaired) electrons. The van der Waals surface area contributed by atoms with E-state index in [1.807, 2.05) is 34.9 Å². The van der Waals surface area contributed by atoms with Gasteiger partial charge < -0.3 is 10.2 Å². The molecule has 0 aliphatic carbocycles. The van der Waals surface area contributed by atoms with Gasteiger partial charge in [0.05, 0.1) is 0 Å². The van der Waals surface area contributed by atoms with E-state index in [1.165, 1.54) is 0 Å². The number of nitrogens with zero attached hydrogens (tertiary/aromatic N) is 1. The maximum absolute atomic E-state index is 3.81. The third-order valence-corrected chi connectivity index (χ3v) is 1.42. The quantitative estimate of drug-likeness (QED) is 0.556. The normalized spacial score (nSPS) is 7.27. The van der Waals surface area contributed by atoms with Gasteiger partial charge in [-0.25, -0.2) is 0 Å². The molecule has 2 heteroatoms. The van der Waals surface area contributed by atoms with Gasteiger partial charge in [0.15, 0.2) is 0 Å². The number of likely N-dealkylation sites (N-methyl/N-ethyl adjacent to an activating group) is 2. The molecule has 0 aliphatic rings. The molecule has 90 valence electrons. The first-order chi connectivity index (χ1) is 7.13. The Morgan fingerprint density at radius 1 is 1.33 bits per heavy atom. The second-order valence-electron chi connectivity index (χ2n) is 2.63. The van der Waals surface area contributed by atoms with Crippen molar-refractivity contribution < 1.29 is 0 Å². The van der Waals surface area contributed by atoms with Crippen molar-refractivity contribution in [2.75, 3.05) is 27.2 Å². The monoisotopic (exact) mass is 212 g/mol. The summed E-state index contributed by atoms with van der Waals surface area (Å²) in [5, 5.41) is 3.06. The van der Waals surface area contributed by atoms with Gasteiger partial charge in [-0.1, -0.05) is 33.1 Å². The lowest BCUT2D eigenvalue weighted by atomic mass is 10.4. The number of hydrogen-bond donors (Lipinski definition) is 1. The Morgan fingerprint density at radius 2 is 1.73 bits per heavy atom. The Kier molecular flexibility index (Phi) is 24.4. The van der Waals surface area contributed by atoms with Crippen LogP contribution in [0.15, 0.2) is 37.6 Å². The fraction of sp³-hybridized carbons (Fsp3) is 0.538. The number of allylic oxidation sites excluding steroid dienone is 2. The highest BCUT2D eigenvalue weighted by Gasteiger charge is 1.94. The highest BCUT2D eigenvalue weighted by molar-refractivity contribution is 5.08. The summed E-state index contributed by atoms with van der Waals surface area (Å²) in [6, 6.07) is 0. The minimum absolute atomic E-state index is 0.968. The maximum atomic E-state index is 3.81. The standard InChI is InChI=1S/C8H16N2.C3H6.C2H6/c1-5-8(2)10(4)7-6-9-3;1-3-2;1-2/h5,9H,1-2,6-7H2,3-4H3;3H,1H2,2H3;1-2H3. The van der Waals surface area contributed by atoms with Crippen molar-refractivity contribution >= 4 is 0 Å². The van der Waals surface area contributed by atoms with Gasteiger partial charge in [-0.3, -0.25) is 0 Å². The molecule has 0 aromatic carbocycles. The molecule has 0 unspecified atom stereocenters. The van der Waals surface area contributed by atoms with Crippen molar-refractivity contribution in [3.05, 3.63) is 37.6 Å². The lowest BCUT2D eigenvalue weighted by molar-refractivity contribution is 0.429. The van der Waals surface area contributed by atoms with Gasteiger partial charge in [-0.05, 0) is 20.0 Å². The first-order valence-electron chi connectivity index (χ1n) is 5.38. The fourth-order valence-electron chi connectivity index (χ4n) is 0.579. The summed E-state index contributed by atoms with van der Waals surface area (Å²) in [6.07, 6.45) is 3.51. The van der Waals surface area contributed by atoms with Crippen molar-refractivity contribution in [3.63, 3.8) is 0 Å². The second kappa shape index (κ2) is 18.7. The van der Waals surface area contributed by atoms with Crippen LogP contribution in [0.5, 0.6) is 0 Å². The predicted molar refractivity (Wildman–Crippen MR) is 73.1 cm³/mol. The summed E-state index contributed by atoms with van der Waals surface area (Å²) < 4.78 is 0. The molecule has 0 spiro atoms. The summed E-state index contributed by atoms with van der Waals surface area (Å²) >= 11 is 0. The predicted octanol–water partition coefficient (Wildman–Crippen LogP) is 3.06. The number of nitrogens with one attached hydrogen (secondary N) is 1. The van der Waals surface area contributed by atoms with Crippen LogP contribution in [0.3, 0.4) is 0 Å². The largest absolute Gasteiger partial charge is 0.374 e. The van der Waals surface area contributed by atoms with E-state index in [9.17, 15) is 0 Å². The Bertz CT molecular complexity index is 151. The van der Waals surface area contributed by atoms with Crippen molar-refractivity contribution in [2.24, 2.45) is 0 Å². The van der Waals surface area contributed by atoms with Crippen LogP contribution in [-0.4, -0.2) is 32.1 Å². The summed E-state index contributed by atoms with van der Waals surface area (Å²) in [4.78, 5) is 2.06. The molecule has 0 rings (SSSR count). The van der Waals surface area contributed by atoms with Crippen LogP contribution < -0.4 is 5.32 Å². The highest BCUT2D eigenvalue weighted by Crippen LogP contribution is 1.95. The van der Waals surface area contributed by atoms with Crippen LogP contribution in [0.25, 0.3) is 0 Å². The zero-order valence-corrected chi connectivity index (χ0v) is 11.1. The van der Waals surface area contributed by atoms with E-state index < -0.39 is 0 Å². The van der Waals surface area contributed by atoms with Crippen LogP contribution in [0.2, 0.25) is 0 Å². The Morgan fingerprint density at radius 3 is 2.00 bits per heavy atom. The summed E-state index contributed by atoms with van der Waals surface area (Å²) in [5.41, 5.74) is 0.968. The van der Waals surface area contributed by atoms with Crippen LogP contribution in [0.1, 0.15) is 20.8 Å². The van der Waals surface area contributed by atoms with Gasteiger partial charge in [-0.15, -0.1) is 6.58 Å². The van der Waals surface area contributed by atoms with Gasteiger partial charge >= 0.3 is 0 Å². The van der Waals surface area contributed by atoms with Crippen molar-refractivity contribution in [1.82, 2.24) is 10.2 Å². The first-order valence-corrected chi connectivity index (χ1v) is 5.38. The van der Waals surface area contributed by atoms with Gasteiger partial charge in [0.25, 0.3) is 0 Å². The van der Waals surface area contributed by atoms with E-state index in [4.69, 9.17) is 0 Å². The molecule has 0 saturated heterocycles. The smallest absolute Gasteiger partial charge is 0.0299 e. The molecule has 1 N–H and O–H groups in total. The summed E-state index contributed by atoms with van der Waals surface area (Å²) in [5.74, 6) is 0. The molecule has 0 aromatic heterocycles. The third kappa shape index (κ3) is 19.4. The molecule has 0 aromatic rings. The van der Waals surface area contributed by atoms with E-state index in [2.05, 4.69) is 30.0 Å². The molecule has 0 heterocycles. The molecule has 15 heavy (non-hydrogen) atoms. The van der Waals surface area contributed by atoms with Gasteiger partial charge in [-0.2, -0.15) is 0 Å². The van der Waals surface area contributed by atoms with E-state index >= 15 is 0 Å². The zero-order chi connectivity index (χ0) is 12.7. The lowest BCUT2D eigenvalue weighted by Gasteiger charge is -2.18. The fourth-order valence-corrected chi connectivity index (χ4v) is 0.579. The molecular formula is C13H28N2. The van der Waals surface area contributed by atoms with Gasteiger partial charge in [0, 0.05) is 25.8 Å². The minimum Gasteiger partial charge on any atom is -0.374 e. The molecular weight excluding hydrogens is 184 g/mol. The Hall–Kier alpha value is -1.02. The van der Waals surface area contributed by atoms with Crippen molar-refractivity contribution in [1.29, 1.82) is 0 Å². The summed E-state index contributed by atoms with van der Waals surface area (Å²) in [6.45, 7) is 18.6. The SMILES string of the molecule is C=CC.C=CC(=C)N(C)CCNC.CC. The maximum Gasteiger partial charge on any atom is 0.0299 e. The molecule has 0 aliphatic heterocycles. The summed E-state index contributed by atoms with van der Waals surface area (Å²) in [7, 11) is 3.94. The van der Waals surface area contributed by atoms with Crippen molar-refractivity contribution in [3.8, 4) is 0 Å².